The van der Waals surface area contributed by atoms with Crippen molar-refractivity contribution in [1.82, 2.24) is 0 Å². The first-order valence-electron chi connectivity index (χ1n) is 10.5. The van der Waals surface area contributed by atoms with Gasteiger partial charge in [0.1, 0.15) is 22.6 Å². The van der Waals surface area contributed by atoms with Crippen molar-refractivity contribution >= 4 is 28.2 Å². The Morgan fingerprint density at radius 3 is 2.52 bits per heavy atom. The summed E-state index contributed by atoms with van der Waals surface area (Å²) in [4.78, 5) is 25.3. The van der Waals surface area contributed by atoms with E-state index in [1.807, 2.05) is 6.92 Å². The molecule has 1 aliphatic rings. The molecule has 7 nitrogen and oxygen atoms in total. The summed E-state index contributed by atoms with van der Waals surface area (Å²) in [6, 6.07) is 9.33. The monoisotopic (exact) mass is 442 g/mol. The van der Waals surface area contributed by atoms with Gasteiger partial charge in [-0.2, -0.15) is 5.26 Å². The van der Waals surface area contributed by atoms with Crippen molar-refractivity contribution in [3.63, 3.8) is 0 Å². The standard InChI is InChI=1S/C23H26N2O5S/c1-2-28-16-8-10-17(11-9-16)29-13-12-22(27)30-15-21(26)25-23-19(14-24)18-6-4-3-5-7-20(18)31-23/h8-11H,2-7,12-13,15H2,1H3,(H,25,26). The van der Waals surface area contributed by atoms with Crippen molar-refractivity contribution in [2.24, 2.45) is 0 Å². The predicted octanol–water partition coefficient (Wildman–Crippen LogP) is 4.24. The van der Waals surface area contributed by atoms with Crippen molar-refractivity contribution in [3.8, 4) is 17.6 Å². The number of anilines is 1. The fraction of sp³-hybridized carbons (Fsp3) is 0.435. The molecule has 0 aliphatic heterocycles. The van der Waals surface area contributed by atoms with E-state index in [2.05, 4.69) is 11.4 Å². The highest BCUT2D eigenvalue weighted by Gasteiger charge is 2.21. The molecule has 1 aromatic carbocycles. The van der Waals surface area contributed by atoms with Crippen molar-refractivity contribution in [2.45, 2.75) is 45.4 Å². The topological polar surface area (TPSA) is 97.7 Å². The Morgan fingerprint density at radius 2 is 1.81 bits per heavy atom. The van der Waals surface area contributed by atoms with Crippen molar-refractivity contribution in [3.05, 3.63) is 40.3 Å². The lowest BCUT2D eigenvalue weighted by Crippen LogP contribution is -2.21. The molecule has 0 bridgehead atoms. The third kappa shape index (κ3) is 6.46. The van der Waals surface area contributed by atoms with Gasteiger partial charge < -0.3 is 19.5 Å². The molecule has 0 atom stereocenters. The first-order chi connectivity index (χ1) is 15.1. The number of carbonyl (C=O) groups excluding carboxylic acids is 2. The van der Waals surface area contributed by atoms with Crippen LogP contribution in [0.1, 0.15) is 48.6 Å². The second kappa shape index (κ2) is 11.4. The van der Waals surface area contributed by atoms with Gasteiger partial charge in [-0.25, -0.2) is 0 Å². The zero-order valence-corrected chi connectivity index (χ0v) is 18.4. The lowest BCUT2D eigenvalue weighted by molar-refractivity contribution is -0.147. The van der Waals surface area contributed by atoms with Crippen LogP contribution in [0.3, 0.4) is 0 Å². The maximum absolute atomic E-state index is 12.2. The van der Waals surface area contributed by atoms with Crippen LogP contribution in [-0.4, -0.2) is 31.7 Å². The van der Waals surface area contributed by atoms with Gasteiger partial charge in [0.2, 0.25) is 0 Å². The summed E-state index contributed by atoms with van der Waals surface area (Å²) >= 11 is 1.45. The summed E-state index contributed by atoms with van der Waals surface area (Å²) in [5, 5.41) is 12.8. The van der Waals surface area contributed by atoms with Gasteiger partial charge >= 0.3 is 5.97 Å². The number of hydrogen-bond donors (Lipinski definition) is 1. The molecule has 0 spiro atoms. The molecule has 0 saturated heterocycles. The minimum atomic E-state index is -0.524. The van der Waals surface area contributed by atoms with Gasteiger partial charge in [0, 0.05) is 4.88 Å². The van der Waals surface area contributed by atoms with E-state index in [4.69, 9.17) is 14.2 Å². The Labute approximate surface area is 185 Å². The highest BCUT2D eigenvalue weighted by atomic mass is 32.1. The SMILES string of the molecule is CCOc1ccc(OCCC(=O)OCC(=O)Nc2sc3c(c2C#N)CCCCC3)cc1. The van der Waals surface area contributed by atoms with Crippen LogP contribution < -0.4 is 14.8 Å². The highest BCUT2D eigenvalue weighted by Crippen LogP contribution is 2.36. The molecular weight excluding hydrogens is 416 g/mol. The van der Waals surface area contributed by atoms with E-state index in [1.165, 1.54) is 16.2 Å². The van der Waals surface area contributed by atoms with Crippen LogP contribution in [0.25, 0.3) is 0 Å². The van der Waals surface area contributed by atoms with Crippen LogP contribution in [0.5, 0.6) is 11.5 Å². The molecule has 1 amide bonds. The van der Waals surface area contributed by atoms with Crippen molar-refractivity contribution < 1.29 is 23.8 Å². The average molecular weight is 443 g/mol. The van der Waals surface area contributed by atoms with Gasteiger partial charge in [0.05, 0.1) is 25.2 Å². The van der Waals surface area contributed by atoms with E-state index in [0.717, 1.165) is 43.4 Å². The molecule has 2 aromatic rings. The zero-order valence-electron chi connectivity index (χ0n) is 17.6. The molecule has 8 heteroatoms. The van der Waals surface area contributed by atoms with Crippen LogP contribution in [-0.2, 0) is 27.2 Å². The molecule has 0 fully saturated rings. The lowest BCUT2D eigenvalue weighted by atomic mass is 10.1. The quantitative estimate of drug-likeness (QED) is 0.461. The summed E-state index contributed by atoms with van der Waals surface area (Å²) in [6.45, 7) is 2.25. The second-order valence-corrected chi connectivity index (χ2v) is 8.20. The number of hydrogen-bond acceptors (Lipinski definition) is 7. The third-order valence-electron chi connectivity index (χ3n) is 4.86. The highest BCUT2D eigenvalue weighted by molar-refractivity contribution is 7.16. The molecule has 0 saturated carbocycles. The number of esters is 1. The maximum Gasteiger partial charge on any atom is 0.309 e. The van der Waals surface area contributed by atoms with E-state index in [9.17, 15) is 14.9 Å². The third-order valence-corrected chi connectivity index (χ3v) is 6.07. The molecular formula is C23H26N2O5S. The Balaban J connectivity index is 1.41. The molecule has 164 valence electrons. The lowest BCUT2D eigenvalue weighted by Gasteiger charge is -2.08. The number of fused-ring (bicyclic) bond motifs is 1. The summed E-state index contributed by atoms with van der Waals surface area (Å²) in [5.74, 6) is 0.398. The van der Waals surface area contributed by atoms with E-state index >= 15 is 0 Å². The molecule has 0 radical (unpaired) electrons. The average Bonchev–Trinajstić information content (AvgIpc) is 2.92. The summed E-state index contributed by atoms with van der Waals surface area (Å²) in [7, 11) is 0. The van der Waals surface area contributed by atoms with E-state index in [1.54, 1.807) is 24.3 Å². The zero-order chi connectivity index (χ0) is 22.1. The number of nitriles is 1. The molecule has 0 unspecified atom stereocenters. The Bertz CT molecular complexity index is 946. The van der Waals surface area contributed by atoms with Gasteiger partial charge in [0.15, 0.2) is 6.61 Å². The molecule has 1 heterocycles. The van der Waals surface area contributed by atoms with Crippen LogP contribution in [0.4, 0.5) is 5.00 Å². The normalized spacial score (nSPS) is 12.8. The fourth-order valence-corrected chi connectivity index (χ4v) is 4.64. The number of aryl methyl sites for hydroxylation is 1. The number of benzene rings is 1. The minimum absolute atomic E-state index is 0.0250. The number of thiophene rings is 1. The summed E-state index contributed by atoms with van der Waals surface area (Å²) < 4.78 is 15.9. The van der Waals surface area contributed by atoms with Gasteiger partial charge in [-0.15, -0.1) is 11.3 Å². The molecule has 31 heavy (non-hydrogen) atoms. The van der Waals surface area contributed by atoms with E-state index in [-0.39, 0.29) is 13.0 Å². The van der Waals surface area contributed by atoms with Gasteiger partial charge in [-0.3, -0.25) is 9.59 Å². The fourth-order valence-electron chi connectivity index (χ4n) is 3.38. The first kappa shape index (κ1) is 22.6. The van der Waals surface area contributed by atoms with E-state index in [0.29, 0.717) is 22.9 Å². The van der Waals surface area contributed by atoms with Gasteiger partial charge in [0.25, 0.3) is 5.91 Å². The Kier molecular flexibility index (Phi) is 8.30. The number of ether oxygens (including phenoxy) is 3. The Morgan fingerprint density at radius 1 is 1.10 bits per heavy atom. The Hall–Kier alpha value is -3.05. The van der Waals surface area contributed by atoms with Gasteiger partial charge in [-0.1, -0.05) is 6.42 Å². The number of carbonyl (C=O) groups is 2. The summed E-state index contributed by atoms with van der Waals surface area (Å²) in [6.07, 6.45) is 5.15. The molecule has 1 aromatic heterocycles. The first-order valence-corrected chi connectivity index (χ1v) is 11.3. The van der Waals surface area contributed by atoms with Crippen molar-refractivity contribution in [2.75, 3.05) is 25.1 Å². The number of amides is 1. The van der Waals surface area contributed by atoms with E-state index < -0.39 is 18.5 Å². The number of rotatable bonds is 9. The summed E-state index contributed by atoms with van der Waals surface area (Å²) in [5.41, 5.74) is 1.61. The number of nitrogens with zero attached hydrogens (tertiary/aromatic N) is 1. The van der Waals surface area contributed by atoms with Gasteiger partial charge in [-0.05, 0) is 62.4 Å². The van der Waals surface area contributed by atoms with Crippen molar-refractivity contribution in [1.29, 1.82) is 5.26 Å². The number of nitrogens with one attached hydrogen (secondary N) is 1. The van der Waals surface area contributed by atoms with Crippen LogP contribution in [0, 0.1) is 11.3 Å². The largest absolute Gasteiger partial charge is 0.494 e. The molecule has 3 rings (SSSR count). The predicted molar refractivity (Wildman–Crippen MR) is 118 cm³/mol. The van der Waals surface area contributed by atoms with Crippen LogP contribution in [0.2, 0.25) is 0 Å². The smallest absolute Gasteiger partial charge is 0.309 e. The van der Waals surface area contributed by atoms with Crippen LogP contribution >= 0.6 is 11.3 Å². The maximum atomic E-state index is 12.2. The van der Waals surface area contributed by atoms with Crippen LogP contribution in [0.15, 0.2) is 24.3 Å². The molecule has 1 aliphatic carbocycles. The molecule has 1 N–H and O–H groups in total. The second-order valence-electron chi connectivity index (χ2n) is 7.09. The minimum Gasteiger partial charge on any atom is -0.494 e.